The number of aryl methyl sites for hydroxylation is 1. The van der Waals surface area contributed by atoms with Crippen molar-refractivity contribution in [1.29, 1.82) is 0 Å². The highest BCUT2D eigenvalue weighted by atomic mass is 35.5. The summed E-state index contributed by atoms with van der Waals surface area (Å²) in [5, 5.41) is 12.8. The van der Waals surface area contributed by atoms with Gasteiger partial charge in [-0.15, -0.1) is 10.2 Å². The third-order valence-corrected chi connectivity index (χ3v) is 5.22. The van der Waals surface area contributed by atoms with Crippen LogP contribution >= 0.6 is 23.4 Å². The van der Waals surface area contributed by atoms with E-state index in [0.717, 1.165) is 34.4 Å². The van der Waals surface area contributed by atoms with Crippen LogP contribution in [0.2, 0.25) is 5.02 Å². The molecule has 1 aromatic heterocycles. The molecule has 1 amide bonds. The fourth-order valence-corrected chi connectivity index (χ4v) is 3.75. The Bertz CT molecular complexity index is 898. The first-order chi connectivity index (χ1) is 13.1. The van der Waals surface area contributed by atoms with Gasteiger partial charge in [0.1, 0.15) is 5.82 Å². The number of rotatable bonds is 8. The lowest BCUT2D eigenvalue weighted by Crippen LogP contribution is -2.22. The Kier molecular flexibility index (Phi) is 6.90. The molecule has 0 bridgehead atoms. The lowest BCUT2D eigenvalue weighted by molar-refractivity contribution is -0.121. The maximum Gasteiger partial charge on any atom is 0.220 e. The lowest BCUT2D eigenvalue weighted by Gasteiger charge is -2.09. The van der Waals surface area contributed by atoms with E-state index in [1.165, 1.54) is 0 Å². The van der Waals surface area contributed by atoms with Gasteiger partial charge in [-0.25, -0.2) is 0 Å². The second-order valence-electron chi connectivity index (χ2n) is 6.06. The van der Waals surface area contributed by atoms with E-state index in [9.17, 15) is 4.79 Å². The molecule has 27 heavy (non-hydrogen) atoms. The number of carbonyl (C=O) groups is 1. The van der Waals surface area contributed by atoms with E-state index in [1.54, 1.807) is 11.8 Å². The van der Waals surface area contributed by atoms with Gasteiger partial charge in [-0.05, 0) is 37.1 Å². The summed E-state index contributed by atoms with van der Waals surface area (Å²) < 4.78 is 1.98. The smallest absolute Gasteiger partial charge is 0.220 e. The average molecular weight is 401 g/mol. The Labute approximate surface area is 168 Å². The Morgan fingerprint density at radius 3 is 2.74 bits per heavy atom. The van der Waals surface area contributed by atoms with E-state index in [4.69, 9.17) is 11.6 Å². The molecule has 0 aliphatic rings. The molecule has 7 heteroatoms. The summed E-state index contributed by atoms with van der Waals surface area (Å²) in [6, 6.07) is 17.5. The molecule has 3 rings (SSSR count). The SMILES string of the molecule is Cc1nnc(SCCCC(=O)NCc2ccccc2)n1-c1cccc(Cl)c1. The standard InChI is InChI=1S/C20H21ClN4OS/c1-15-23-24-20(25(15)18-10-5-9-17(21)13-18)27-12-6-11-19(26)22-14-16-7-3-2-4-8-16/h2-5,7-10,13H,6,11-12,14H2,1H3,(H,22,26). The average Bonchev–Trinajstić information content (AvgIpc) is 3.05. The number of benzene rings is 2. The summed E-state index contributed by atoms with van der Waals surface area (Å²) in [5.74, 6) is 1.66. The van der Waals surface area contributed by atoms with Crippen LogP contribution in [0.3, 0.4) is 0 Å². The second-order valence-corrected chi connectivity index (χ2v) is 7.56. The van der Waals surface area contributed by atoms with Crippen molar-refractivity contribution >= 4 is 29.3 Å². The number of nitrogens with zero attached hydrogens (tertiary/aromatic N) is 3. The first-order valence-corrected chi connectivity index (χ1v) is 10.1. The summed E-state index contributed by atoms with van der Waals surface area (Å²) in [5.41, 5.74) is 2.04. The molecular formula is C20H21ClN4OS. The third-order valence-electron chi connectivity index (χ3n) is 3.97. The molecule has 1 N–H and O–H groups in total. The van der Waals surface area contributed by atoms with Gasteiger partial charge in [0, 0.05) is 23.7 Å². The van der Waals surface area contributed by atoms with Crippen LogP contribution < -0.4 is 5.32 Å². The van der Waals surface area contributed by atoms with Gasteiger partial charge < -0.3 is 5.32 Å². The highest BCUT2D eigenvalue weighted by Crippen LogP contribution is 2.24. The van der Waals surface area contributed by atoms with E-state index >= 15 is 0 Å². The minimum Gasteiger partial charge on any atom is -0.352 e. The van der Waals surface area contributed by atoms with Crippen LogP contribution in [0, 0.1) is 6.92 Å². The molecule has 0 spiro atoms. The van der Waals surface area contributed by atoms with Gasteiger partial charge in [-0.2, -0.15) is 0 Å². The second kappa shape index (κ2) is 9.58. The van der Waals surface area contributed by atoms with Crippen molar-refractivity contribution in [2.45, 2.75) is 31.5 Å². The predicted octanol–water partition coefficient (Wildman–Crippen LogP) is 4.42. The van der Waals surface area contributed by atoms with Gasteiger partial charge in [-0.3, -0.25) is 9.36 Å². The Hall–Kier alpha value is -2.31. The van der Waals surface area contributed by atoms with Gasteiger partial charge in [-0.1, -0.05) is 59.8 Å². The number of hydrogen-bond donors (Lipinski definition) is 1. The van der Waals surface area contributed by atoms with Crippen LogP contribution in [0.4, 0.5) is 0 Å². The van der Waals surface area contributed by atoms with E-state index in [1.807, 2.05) is 66.1 Å². The van der Waals surface area contributed by atoms with Crippen molar-refractivity contribution in [3.05, 3.63) is 71.0 Å². The molecule has 1 heterocycles. The highest BCUT2D eigenvalue weighted by Gasteiger charge is 2.12. The molecule has 0 saturated carbocycles. The number of amides is 1. The monoisotopic (exact) mass is 400 g/mol. The number of halogens is 1. The Balaban J connectivity index is 1.48. The number of nitrogens with one attached hydrogen (secondary N) is 1. The summed E-state index contributed by atoms with van der Waals surface area (Å²) in [4.78, 5) is 12.0. The van der Waals surface area contributed by atoms with Crippen LogP contribution in [0.1, 0.15) is 24.2 Å². The van der Waals surface area contributed by atoms with E-state index in [-0.39, 0.29) is 5.91 Å². The molecule has 0 aliphatic carbocycles. The van der Waals surface area contributed by atoms with Crippen LogP contribution in [0.25, 0.3) is 5.69 Å². The first-order valence-electron chi connectivity index (χ1n) is 8.75. The van der Waals surface area contributed by atoms with Crippen LogP contribution in [-0.2, 0) is 11.3 Å². The molecule has 0 unspecified atom stereocenters. The summed E-state index contributed by atoms with van der Waals surface area (Å²) in [7, 11) is 0. The summed E-state index contributed by atoms with van der Waals surface area (Å²) in [6.45, 7) is 2.48. The maximum atomic E-state index is 12.0. The third kappa shape index (κ3) is 5.58. The molecule has 5 nitrogen and oxygen atoms in total. The Morgan fingerprint density at radius 2 is 1.96 bits per heavy atom. The van der Waals surface area contributed by atoms with Crippen molar-refractivity contribution in [3.8, 4) is 5.69 Å². The minimum atomic E-state index is 0.0620. The first kappa shape index (κ1) is 19.5. The van der Waals surface area contributed by atoms with E-state index < -0.39 is 0 Å². The van der Waals surface area contributed by atoms with Crippen molar-refractivity contribution in [3.63, 3.8) is 0 Å². The fourth-order valence-electron chi connectivity index (χ4n) is 2.63. The summed E-state index contributed by atoms with van der Waals surface area (Å²) in [6.07, 6.45) is 1.26. The highest BCUT2D eigenvalue weighted by molar-refractivity contribution is 7.99. The normalized spacial score (nSPS) is 10.7. The van der Waals surface area contributed by atoms with Gasteiger partial charge >= 0.3 is 0 Å². The molecular weight excluding hydrogens is 380 g/mol. The molecule has 0 aliphatic heterocycles. The summed E-state index contributed by atoms with van der Waals surface area (Å²) >= 11 is 7.69. The van der Waals surface area contributed by atoms with Gasteiger partial charge in [0.25, 0.3) is 0 Å². The van der Waals surface area contributed by atoms with E-state index in [0.29, 0.717) is 18.0 Å². The number of hydrogen-bond acceptors (Lipinski definition) is 4. The molecule has 0 atom stereocenters. The van der Waals surface area contributed by atoms with Gasteiger partial charge in [0.15, 0.2) is 5.16 Å². The zero-order valence-corrected chi connectivity index (χ0v) is 16.6. The van der Waals surface area contributed by atoms with Crippen molar-refractivity contribution < 1.29 is 4.79 Å². The minimum absolute atomic E-state index is 0.0620. The number of aromatic nitrogens is 3. The Morgan fingerprint density at radius 1 is 1.15 bits per heavy atom. The molecule has 3 aromatic rings. The lowest BCUT2D eigenvalue weighted by atomic mass is 10.2. The molecule has 0 radical (unpaired) electrons. The predicted molar refractivity (Wildman–Crippen MR) is 109 cm³/mol. The molecule has 2 aromatic carbocycles. The van der Waals surface area contributed by atoms with E-state index in [2.05, 4.69) is 15.5 Å². The number of thioether (sulfide) groups is 1. The maximum absolute atomic E-state index is 12.0. The van der Waals surface area contributed by atoms with Crippen LogP contribution in [-0.4, -0.2) is 26.4 Å². The van der Waals surface area contributed by atoms with Crippen molar-refractivity contribution in [1.82, 2.24) is 20.1 Å². The van der Waals surface area contributed by atoms with Crippen molar-refractivity contribution in [2.24, 2.45) is 0 Å². The topological polar surface area (TPSA) is 59.8 Å². The zero-order valence-electron chi connectivity index (χ0n) is 15.1. The van der Waals surface area contributed by atoms with Gasteiger partial charge in [0.2, 0.25) is 5.91 Å². The van der Waals surface area contributed by atoms with Crippen LogP contribution in [0.5, 0.6) is 0 Å². The van der Waals surface area contributed by atoms with Gasteiger partial charge in [0.05, 0.1) is 5.69 Å². The van der Waals surface area contributed by atoms with Crippen LogP contribution in [0.15, 0.2) is 59.8 Å². The molecule has 0 fully saturated rings. The quantitative estimate of drug-likeness (QED) is 0.449. The number of carbonyl (C=O) groups excluding carboxylic acids is 1. The van der Waals surface area contributed by atoms with Crippen molar-refractivity contribution in [2.75, 3.05) is 5.75 Å². The fraction of sp³-hybridized carbons (Fsp3) is 0.250. The molecule has 140 valence electrons. The zero-order chi connectivity index (χ0) is 19.1. The largest absolute Gasteiger partial charge is 0.352 e. The molecule has 0 saturated heterocycles.